The van der Waals surface area contributed by atoms with Gasteiger partial charge in [0, 0.05) is 13.1 Å². The van der Waals surface area contributed by atoms with Crippen molar-refractivity contribution in [3.05, 3.63) is 29.3 Å². The molecular weight excluding hydrogens is 248 g/mol. The molecule has 5 heteroatoms. The van der Waals surface area contributed by atoms with Gasteiger partial charge in [-0.05, 0) is 42.4 Å². The van der Waals surface area contributed by atoms with Gasteiger partial charge < -0.3 is 5.73 Å². The summed E-state index contributed by atoms with van der Waals surface area (Å²) in [5, 5.41) is 0. The van der Waals surface area contributed by atoms with Crippen molar-refractivity contribution in [1.29, 1.82) is 0 Å². The van der Waals surface area contributed by atoms with Crippen LogP contribution in [-0.4, -0.2) is 15.0 Å². The number of sulfonamides is 1. The molecule has 2 unspecified atom stereocenters. The third kappa shape index (κ3) is 2.91. The zero-order valence-electron chi connectivity index (χ0n) is 10.8. The Kier molecular flexibility index (Phi) is 3.75. The SMILES string of the molecule is Cc1ccc(CN)cc1S(=O)(=O)NCC1CC1C. The fourth-order valence-electron chi connectivity index (χ4n) is 2.04. The van der Waals surface area contributed by atoms with Crippen LogP contribution in [0.3, 0.4) is 0 Å². The Labute approximate surface area is 109 Å². The van der Waals surface area contributed by atoms with Crippen LogP contribution in [0.5, 0.6) is 0 Å². The summed E-state index contributed by atoms with van der Waals surface area (Å²) in [5.74, 6) is 1.14. The molecule has 0 heterocycles. The normalized spacial score (nSPS) is 23.1. The molecule has 0 spiro atoms. The van der Waals surface area contributed by atoms with Gasteiger partial charge in [0.15, 0.2) is 0 Å². The number of benzene rings is 1. The molecule has 0 aliphatic heterocycles. The first kappa shape index (κ1) is 13.5. The molecule has 0 aromatic heterocycles. The molecule has 1 aliphatic carbocycles. The molecule has 1 fully saturated rings. The molecule has 3 N–H and O–H groups in total. The van der Waals surface area contributed by atoms with Crippen molar-refractivity contribution in [2.24, 2.45) is 17.6 Å². The Hall–Kier alpha value is -0.910. The van der Waals surface area contributed by atoms with Gasteiger partial charge in [0.05, 0.1) is 4.90 Å². The van der Waals surface area contributed by atoms with E-state index < -0.39 is 10.0 Å². The van der Waals surface area contributed by atoms with Gasteiger partial charge in [0.25, 0.3) is 0 Å². The van der Waals surface area contributed by atoms with Gasteiger partial charge in [0.1, 0.15) is 0 Å². The van der Waals surface area contributed by atoms with Crippen molar-refractivity contribution < 1.29 is 8.42 Å². The molecule has 1 saturated carbocycles. The van der Waals surface area contributed by atoms with E-state index in [0.717, 1.165) is 17.5 Å². The van der Waals surface area contributed by atoms with Gasteiger partial charge in [-0.3, -0.25) is 0 Å². The fraction of sp³-hybridized carbons (Fsp3) is 0.538. The Morgan fingerprint density at radius 2 is 2.11 bits per heavy atom. The molecule has 2 rings (SSSR count). The van der Waals surface area contributed by atoms with E-state index in [1.165, 1.54) is 0 Å². The largest absolute Gasteiger partial charge is 0.326 e. The van der Waals surface area contributed by atoms with Gasteiger partial charge in [0.2, 0.25) is 10.0 Å². The summed E-state index contributed by atoms with van der Waals surface area (Å²) in [6.07, 6.45) is 1.12. The minimum Gasteiger partial charge on any atom is -0.326 e. The molecule has 18 heavy (non-hydrogen) atoms. The number of hydrogen-bond donors (Lipinski definition) is 2. The lowest BCUT2D eigenvalue weighted by Crippen LogP contribution is -2.27. The van der Waals surface area contributed by atoms with Crippen molar-refractivity contribution in [1.82, 2.24) is 4.72 Å². The Morgan fingerprint density at radius 3 is 2.67 bits per heavy atom. The van der Waals surface area contributed by atoms with Gasteiger partial charge in [-0.2, -0.15) is 0 Å². The second-order valence-corrected chi connectivity index (χ2v) is 6.86. The molecule has 0 amide bonds. The van der Waals surface area contributed by atoms with Crippen LogP contribution < -0.4 is 10.5 Å². The highest BCUT2D eigenvalue weighted by atomic mass is 32.2. The summed E-state index contributed by atoms with van der Waals surface area (Å²) in [6, 6.07) is 5.32. The first-order chi connectivity index (χ1) is 8.44. The van der Waals surface area contributed by atoms with Gasteiger partial charge >= 0.3 is 0 Å². The van der Waals surface area contributed by atoms with Crippen LogP contribution in [-0.2, 0) is 16.6 Å². The molecular formula is C13H20N2O2S. The number of hydrogen-bond acceptors (Lipinski definition) is 3. The highest BCUT2D eigenvalue weighted by molar-refractivity contribution is 7.89. The quantitative estimate of drug-likeness (QED) is 0.847. The summed E-state index contributed by atoms with van der Waals surface area (Å²) in [6.45, 7) is 4.83. The van der Waals surface area contributed by atoms with E-state index >= 15 is 0 Å². The standard InChI is InChI=1S/C13H20N2O2S/c1-9-3-4-11(7-14)6-13(9)18(16,17)15-8-12-5-10(12)2/h3-4,6,10,12,15H,5,7-8,14H2,1-2H3. The summed E-state index contributed by atoms with van der Waals surface area (Å²) in [7, 11) is -3.41. The second kappa shape index (κ2) is 4.99. The lowest BCUT2D eigenvalue weighted by atomic mass is 10.1. The van der Waals surface area contributed by atoms with E-state index in [1.807, 2.05) is 6.07 Å². The predicted octanol–water partition coefficient (Wildman–Crippen LogP) is 1.39. The molecule has 2 atom stereocenters. The molecule has 0 radical (unpaired) electrons. The third-order valence-electron chi connectivity index (χ3n) is 3.59. The first-order valence-corrected chi connectivity index (χ1v) is 7.71. The maximum atomic E-state index is 12.2. The van der Waals surface area contributed by atoms with Crippen LogP contribution in [0.4, 0.5) is 0 Å². The maximum absolute atomic E-state index is 12.2. The maximum Gasteiger partial charge on any atom is 0.240 e. The first-order valence-electron chi connectivity index (χ1n) is 6.23. The highest BCUT2D eigenvalue weighted by Gasteiger charge is 2.33. The van der Waals surface area contributed by atoms with Gasteiger partial charge in [-0.1, -0.05) is 19.1 Å². The highest BCUT2D eigenvalue weighted by Crippen LogP contribution is 2.37. The molecule has 100 valence electrons. The number of rotatable bonds is 5. The van der Waals surface area contributed by atoms with Crippen LogP contribution >= 0.6 is 0 Å². The van der Waals surface area contributed by atoms with Crippen molar-refractivity contribution in [3.8, 4) is 0 Å². The summed E-state index contributed by atoms with van der Waals surface area (Å²) >= 11 is 0. The average molecular weight is 268 g/mol. The van der Waals surface area contributed by atoms with E-state index in [-0.39, 0.29) is 0 Å². The van der Waals surface area contributed by atoms with Crippen LogP contribution in [0.15, 0.2) is 23.1 Å². The molecule has 1 aromatic carbocycles. The second-order valence-electron chi connectivity index (χ2n) is 5.13. The van der Waals surface area contributed by atoms with Crippen molar-refractivity contribution in [2.75, 3.05) is 6.54 Å². The van der Waals surface area contributed by atoms with Gasteiger partial charge in [-0.15, -0.1) is 0 Å². The predicted molar refractivity (Wildman–Crippen MR) is 71.5 cm³/mol. The Bertz CT molecular complexity index is 540. The lowest BCUT2D eigenvalue weighted by molar-refractivity contribution is 0.574. The molecule has 1 aromatic rings. The zero-order chi connectivity index (χ0) is 13.3. The van der Waals surface area contributed by atoms with Crippen LogP contribution in [0.2, 0.25) is 0 Å². The van der Waals surface area contributed by atoms with E-state index in [1.54, 1.807) is 19.1 Å². The van der Waals surface area contributed by atoms with Crippen LogP contribution in [0.1, 0.15) is 24.5 Å². The third-order valence-corrected chi connectivity index (χ3v) is 5.16. The van der Waals surface area contributed by atoms with Crippen LogP contribution in [0, 0.1) is 18.8 Å². The smallest absolute Gasteiger partial charge is 0.240 e. The Balaban J connectivity index is 2.17. The number of nitrogens with two attached hydrogens (primary N) is 1. The zero-order valence-corrected chi connectivity index (χ0v) is 11.6. The van der Waals surface area contributed by atoms with E-state index in [9.17, 15) is 8.42 Å². The van der Waals surface area contributed by atoms with E-state index in [4.69, 9.17) is 5.73 Å². The van der Waals surface area contributed by atoms with E-state index in [0.29, 0.717) is 29.8 Å². The lowest BCUT2D eigenvalue weighted by Gasteiger charge is -2.10. The average Bonchev–Trinajstić information content (AvgIpc) is 3.03. The molecule has 4 nitrogen and oxygen atoms in total. The summed E-state index contributed by atoms with van der Waals surface area (Å²) in [5.41, 5.74) is 7.13. The topological polar surface area (TPSA) is 72.2 Å². The summed E-state index contributed by atoms with van der Waals surface area (Å²) in [4.78, 5) is 0.346. The molecule has 1 aliphatic rings. The van der Waals surface area contributed by atoms with Crippen molar-refractivity contribution in [2.45, 2.75) is 31.7 Å². The fourth-order valence-corrected chi connectivity index (χ4v) is 3.43. The molecule has 0 saturated heterocycles. The number of nitrogens with one attached hydrogen (secondary N) is 1. The minimum atomic E-state index is -3.41. The monoisotopic (exact) mass is 268 g/mol. The Morgan fingerprint density at radius 1 is 1.44 bits per heavy atom. The molecule has 0 bridgehead atoms. The van der Waals surface area contributed by atoms with Crippen LogP contribution in [0.25, 0.3) is 0 Å². The summed E-state index contributed by atoms with van der Waals surface area (Å²) < 4.78 is 27.1. The van der Waals surface area contributed by atoms with E-state index in [2.05, 4.69) is 11.6 Å². The minimum absolute atomic E-state index is 0.346. The number of aryl methyl sites for hydroxylation is 1. The van der Waals surface area contributed by atoms with Gasteiger partial charge in [-0.25, -0.2) is 13.1 Å². The van der Waals surface area contributed by atoms with Crippen molar-refractivity contribution >= 4 is 10.0 Å². The van der Waals surface area contributed by atoms with Crippen molar-refractivity contribution in [3.63, 3.8) is 0 Å².